The number of carbonyl (C=O) groups is 5. The molecule has 0 spiro atoms. The van der Waals surface area contributed by atoms with Crippen LogP contribution in [-0.2, 0) is 19.1 Å². The molecule has 228 valence electrons. The molecule has 4 N–H and O–H groups in total. The number of amides is 3. The van der Waals surface area contributed by atoms with Crippen LogP contribution < -0.4 is 10.6 Å². The second-order valence-corrected chi connectivity index (χ2v) is 9.68. The number of anilines is 1. The van der Waals surface area contributed by atoms with Gasteiger partial charge in [-0.3, -0.25) is 19.2 Å². The van der Waals surface area contributed by atoms with Crippen LogP contribution in [0.3, 0.4) is 0 Å². The normalized spacial score (nSPS) is 13.3. The summed E-state index contributed by atoms with van der Waals surface area (Å²) in [6.07, 6.45) is -0.840. The minimum Gasteiger partial charge on any atom is -0.483 e. The van der Waals surface area contributed by atoms with Crippen LogP contribution in [-0.4, -0.2) is 106 Å². The smallest absolute Gasteiger partial charge is 0.409 e. The second-order valence-electron chi connectivity index (χ2n) is 9.68. The molecule has 3 rings (SSSR count). The van der Waals surface area contributed by atoms with Crippen LogP contribution in [0.4, 0.5) is 10.6 Å². The molecule has 1 atom stereocenters. The molecule has 1 aromatic carbocycles. The number of benzene rings is 1. The fourth-order valence-electron chi connectivity index (χ4n) is 3.98. The maximum atomic E-state index is 13.4. The van der Waals surface area contributed by atoms with E-state index in [1.54, 1.807) is 6.92 Å². The Morgan fingerprint density at radius 2 is 1.67 bits per heavy atom. The van der Waals surface area contributed by atoms with Crippen LogP contribution in [0.2, 0.25) is 0 Å². The zero-order valence-electron chi connectivity index (χ0n) is 24.0. The predicted octanol–water partition coefficient (Wildman–Crippen LogP) is 2.18. The zero-order chi connectivity index (χ0) is 31.1. The summed E-state index contributed by atoms with van der Waals surface area (Å²) < 4.78 is 5.02. The van der Waals surface area contributed by atoms with Crippen molar-refractivity contribution in [2.75, 3.05) is 44.6 Å². The fourth-order valence-corrected chi connectivity index (χ4v) is 3.98. The summed E-state index contributed by atoms with van der Waals surface area (Å²) in [6.45, 7) is 7.49. The Hall–Kier alpha value is -4.75. The summed E-state index contributed by atoms with van der Waals surface area (Å²) in [4.78, 5) is 70.4. The largest absolute Gasteiger partial charge is 0.483 e. The van der Waals surface area contributed by atoms with Crippen molar-refractivity contribution in [3.63, 3.8) is 0 Å². The number of hydrogen-bond acceptors (Lipinski definition) is 9. The van der Waals surface area contributed by atoms with E-state index in [-0.39, 0.29) is 57.8 Å². The average molecular weight is 587 g/mol. The van der Waals surface area contributed by atoms with E-state index < -0.39 is 29.9 Å². The van der Waals surface area contributed by atoms with E-state index in [1.165, 1.54) is 15.9 Å². The lowest BCUT2D eigenvalue weighted by Gasteiger charge is -2.35. The summed E-state index contributed by atoms with van der Waals surface area (Å²) in [5.74, 6) is -0.966. The van der Waals surface area contributed by atoms with Gasteiger partial charge in [0.1, 0.15) is 17.6 Å². The minimum absolute atomic E-state index is 0.0513. The van der Waals surface area contributed by atoms with Crippen molar-refractivity contribution in [3.05, 3.63) is 42.1 Å². The number of ether oxygens (including phenoxy) is 1. The molecular formula is C28H38N6O8. The zero-order valence-corrected chi connectivity index (χ0v) is 24.0. The van der Waals surface area contributed by atoms with Gasteiger partial charge in [-0.15, -0.1) is 0 Å². The minimum atomic E-state index is -1.08. The number of piperazine rings is 1. The highest BCUT2D eigenvalue weighted by molar-refractivity contribution is 5.97. The van der Waals surface area contributed by atoms with Crippen molar-refractivity contribution < 1.29 is 38.9 Å². The maximum absolute atomic E-state index is 13.4. The number of aromatic nitrogens is 2. The Balaban J connectivity index is 0.00000197. The van der Waals surface area contributed by atoms with Gasteiger partial charge in [-0.25, -0.2) is 14.8 Å². The Labute approximate surface area is 244 Å². The van der Waals surface area contributed by atoms with E-state index in [1.807, 2.05) is 44.2 Å². The molecule has 0 aliphatic carbocycles. The van der Waals surface area contributed by atoms with E-state index in [4.69, 9.17) is 14.6 Å². The van der Waals surface area contributed by atoms with Crippen LogP contribution in [0.5, 0.6) is 0 Å². The van der Waals surface area contributed by atoms with Gasteiger partial charge in [0.15, 0.2) is 5.82 Å². The average Bonchev–Trinajstić information content (AvgIpc) is 2.98. The fraction of sp³-hybridized carbons (Fsp3) is 0.464. The van der Waals surface area contributed by atoms with Gasteiger partial charge in [-0.1, -0.05) is 44.2 Å². The molecular weight excluding hydrogens is 548 g/mol. The molecule has 2 aromatic rings. The summed E-state index contributed by atoms with van der Waals surface area (Å²) in [7, 11) is 0. The molecule has 0 unspecified atom stereocenters. The number of nitrogens with one attached hydrogen (secondary N) is 2. The first-order valence-electron chi connectivity index (χ1n) is 13.6. The van der Waals surface area contributed by atoms with E-state index in [9.17, 15) is 24.3 Å². The van der Waals surface area contributed by atoms with Crippen molar-refractivity contribution in [2.45, 2.75) is 39.7 Å². The third kappa shape index (κ3) is 10.7. The van der Waals surface area contributed by atoms with E-state index in [0.717, 1.165) is 5.56 Å². The first-order chi connectivity index (χ1) is 20.1. The van der Waals surface area contributed by atoms with Crippen LogP contribution in [0, 0.1) is 5.92 Å². The van der Waals surface area contributed by atoms with Gasteiger partial charge >= 0.3 is 12.1 Å². The third-order valence-electron chi connectivity index (χ3n) is 6.05. The van der Waals surface area contributed by atoms with E-state index in [0.29, 0.717) is 24.1 Å². The van der Waals surface area contributed by atoms with Crippen LogP contribution in [0.25, 0.3) is 11.4 Å². The molecule has 42 heavy (non-hydrogen) atoms. The number of aliphatic carboxylic acids is 1. The van der Waals surface area contributed by atoms with Crippen molar-refractivity contribution in [2.24, 2.45) is 5.92 Å². The molecule has 1 aromatic heterocycles. The number of hydrogen-bond donors (Lipinski definition) is 4. The van der Waals surface area contributed by atoms with Crippen molar-refractivity contribution in [3.8, 4) is 11.4 Å². The molecule has 0 radical (unpaired) electrons. The number of nitrogens with zero attached hydrogens (tertiary/aromatic N) is 4. The lowest BCUT2D eigenvalue weighted by atomic mass is 10.1. The molecule has 1 fully saturated rings. The summed E-state index contributed by atoms with van der Waals surface area (Å²) in [5.41, 5.74) is 0.771. The number of carboxylic acid groups (broad SMARTS) is 2. The lowest BCUT2D eigenvalue weighted by molar-refractivity contribution is -0.138. The Bertz CT molecular complexity index is 1200. The van der Waals surface area contributed by atoms with Gasteiger partial charge in [0.05, 0.1) is 6.61 Å². The first-order valence-corrected chi connectivity index (χ1v) is 13.6. The van der Waals surface area contributed by atoms with Gasteiger partial charge in [0, 0.05) is 50.8 Å². The number of carboxylic acids is 1. The summed E-state index contributed by atoms with van der Waals surface area (Å²) in [5, 5.41) is 22.0. The molecule has 2 heterocycles. The highest BCUT2D eigenvalue weighted by Gasteiger charge is 2.31. The van der Waals surface area contributed by atoms with Crippen LogP contribution in [0.15, 0.2) is 36.4 Å². The number of carbonyl (C=O) groups excluding carboxylic acids is 3. The van der Waals surface area contributed by atoms with Gasteiger partial charge in [0.2, 0.25) is 5.91 Å². The number of rotatable bonds is 11. The molecule has 1 aliphatic heterocycles. The lowest BCUT2D eigenvalue weighted by Crippen LogP contribution is -2.56. The molecule has 0 saturated carbocycles. The Morgan fingerprint density at radius 3 is 2.24 bits per heavy atom. The first kappa shape index (κ1) is 33.5. The molecule has 1 saturated heterocycles. The van der Waals surface area contributed by atoms with Crippen LogP contribution in [0.1, 0.15) is 44.1 Å². The van der Waals surface area contributed by atoms with Gasteiger partial charge in [0.25, 0.3) is 12.4 Å². The van der Waals surface area contributed by atoms with Crippen molar-refractivity contribution >= 4 is 36.2 Å². The van der Waals surface area contributed by atoms with E-state index >= 15 is 0 Å². The van der Waals surface area contributed by atoms with Gasteiger partial charge in [-0.05, 0) is 19.3 Å². The molecule has 0 bridgehead atoms. The Morgan fingerprint density at radius 1 is 1.05 bits per heavy atom. The SMILES string of the molecule is CCOC(=O)N1CCN(C(=O)[C@H](CCC(=O)O)NC(=O)c2cc(NCC(C)C)nc(-c3ccccc3)n2)CC1.O=CO. The monoisotopic (exact) mass is 586 g/mol. The maximum Gasteiger partial charge on any atom is 0.409 e. The highest BCUT2D eigenvalue weighted by Crippen LogP contribution is 2.19. The molecule has 14 heteroatoms. The van der Waals surface area contributed by atoms with Crippen LogP contribution >= 0.6 is 0 Å². The third-order valence-corrected chi connectivity index (χ3v) is 6.05. The standard InChI is InChI=1S/C27H36N6O6.CH2O2/c1-4-39-27(38)33-14-12-32(13-15-33)26(37)20(10-11-23(34)35)30-25(36)21-16-22(28-17-18(2)3)31-24(29-21)19-8-6-5-7-9-19;2-1-3/h5-9,16,18,20H,4,10-15,17H2,1-3H3,(H,30,36)(H,34,35)(H,28,29,31);1H,(H,2,3)/t20-;/m0./s1. The quantitative estimate of drug-likeness (QED) is 0.282. The Kier molecular flexibility index (Phi) is 13.7. The highest BCUT2D eigenvalue weighted by atomic mass is 16.6. The topological polar surface area (TPSA) is 191 Å². The molecule has 3 amide bonds. The van der Waals surface area contributed by atoms with Gasteiger partial charge in [-0.2, -0.15) is 0 Å². The summed E-state index contributed by atoms with van der Waals surface area (Å²) in [6, 6.07) is 9.65. The van der Waals surface area contributed by atoms with E-state index in [2.05, 4.69) is 20.6 Å². The van der Waals surface area contributed by atoms with Crippen molar-refractivity contribution in [1.29, 1.82) is 0 Å². The second kappa shape index (κ2) is 17.1. The predicted molar refractivity (Wildman–Crippen MR) is 153 cm³/mol. The van der Waals surface area contributed by atoms with Crippen molar-refractivity contribution in [1.82, 2.24) is 25.1 Å². The molecule has 1 aliphatic rings. The van der Waals surface area contributed by atoms with Gasteiger partial charge < -0.3 is 35.4 Å². The molecule has 14 nitrogen and oxygen atoms in total. The summed E-state index contributed by atoms with van der Waals surface area (Å²) >= 11 is 0.